The third-order valence-corrected chi connectivity index (χ3v) is 4.93. The zero-order chi connectivity index (χ0) is 19.3. The number of nitrogens with zero attached hydrogens (tertiary/aromatic N) is 2. The molecule has 5 heteroatoms. The zero-order valence-corrected chi connectivity index (χ0v) is 18.7. The van der Waals surface area contributed by atoms with E-state index < -0.39 is 0 Å². The lowest BCUT2D eigenvalue weighted by Gasteiger charge is -2.05. The van der Waals surface area contributed by atoms with Crippen LogP contribution < -0.4 is 9.88 Å². The second-order valence-corrected chi connectivity index (χ2v) is 6.94. The minimum Gasteiger partial charge on any atom is -0.323 e. The molecular weight excluding hydrogens is 473 g/mol. The van der Waals surface area contributed by atoms with Gasteiger partial charge in [-0.05, 0) is 41.8 Å². The van der Waals surface area contributed by atoms with Crippen molar-refractivity contribution in [3.8, 4) is 0 Å². The zero-order valence-electron chi connectivity index (χ0n) is 16.4. The fraction of sp³-hybridized carbons (Fsp3) is 0.167. The van der Waals surface area contributed by atoms with E-state index >= 15 is 0 Å². The SMILES string of the molecule is CCc1ccc(NC(=O)Cn2c[n+](Cc3ccccc3)c3ccccc32)cc1.I. The quantitative estimate of drug-likeness (QED) is 0.301. The van der Waals surface area contributed by atoms with Crippen LogP contribution in [-0.4, -0.2) is 10.5 Å². The van der Waals surface area contributed by atoms with Crippen molar-refractivity contribution in [3.05, 3.63) is 96.3 Å². The molecule has 0 aliphatic heterocycles. The monoisotopic (exact) mass is 498 g/mol. The van der Waals surface area contributed by atoms with E-state index in [0.29, 0.717) is 0 Å². The highest BCUT2D eigenvalue weighted by molar-refractivity contribution is 14.0. The maximum atomic E-state index is 12.6. The first-order valence-corrected chi connectivity index (χ1v) is 9.63. The molecule has 0 bridgehead atoms. The number of rotatable bonds is 6. The van der Waals surface area contributed by atoms with Gasteiger partial charge < -0.3 is 5.32 Å². The number of anilines is 1. The van der Waals surface area contributed by atoms with Crippen molar-refractivity contribution in [3.63, 3.8) is 0 Å². The molecule has 0 aliphatic carbocycles. The molecule has 29 heavy (non-hydrogen) atoms. The molecule has 0 saturated heterocycles. The molecule has 4 rings (SSSR count). The Kier molecular flexibility index (Phi) is 7.04. The van der Waals surface area contributed by atoms with Gasteiger partial charge in [0.1, 0.15) is 6.54 Å². The summed E-state index contributed by atoms with van der Waals surface area (Å²) in [5, 5.41) is 3.00. The highest BCUT2D eigenvalue weighted by atomic mass is 127. The number of carbonyl (C=O) groups excluding carboxylic acids is 1. The van der Waals surface area contributed by atoms with Crippen LogP contribution in [0.5, 0.6) is 0 Å². The van der Waals surface area contributed by atoms with E-state index in [1.54, 1.807) is 0 Å². The first kappa shape index (κ1) is 21.0. The van der Waals surface area contributed by atoms with E-state index in [-0.39, 0.29) is 36.4 Å². The number of hydrogen-bond donors (Lipinski definition) is 1. The summed E-state index contributed by atoms with van der Waals surface area (Å²) < 4.78 is 4.20. The van der Waals surface area contributed by atoms with Gasteiger partial charge in [-0.25, -0.2) is 9.13 Å². The Hall–Kier alpha value is -2.67. The summed E-state index contributed by atoms with van der Waals surface area (Å²) in [6, 6.07) is 26.6. The largest absolute Gasteiger partial charge is 0.323 e. The van der Waals surface area contributed by atoms with Crippen LogP contribution in [0.4, 0.5) is 5.69 Å². The topological polar surface area (TPSA) is 37.9 Å². The molecule has 0 saturated carbocycles. The number of carbonyl (C=O) groups is 1. The Morgan fingerprint density at radius 2 is 1.59 bits per heavy atom. The van der Waals surface area contributed by atoms with Crippen LogP contribution in [0.15, 0.2) is 85.2 Å². The Bertz CT molecular complexity index is 1090. The number of benzene rings is 3. The van der Waals surface area contributed by atoms with Crippen molar-refractivity contribution < 1.29 is 9.36 Å². The summed E-state index contributed by atoms with van der Waals surface area (Å²) in [5.74, 6) is -0.0307. The third-order valence-electron chi connectivity index (χ3n) is 4.93. The third kappa shape index (κ3) is 5.03. The standard InChI is InChI=1S/C24H23N3O.HI/c1-2-19-12-14-21(15-13-19)25-24(28)17-27-18-26(16-20-8-4-3-5-9-20)22-10-6-7-11-23(22)27;/h3-15,18H,2,16-17H2,1H3;1H/p+1. The molecule has 0 aliphatic rings. The van der Waals surface area contributed by atoms with E-state index in [1.165, 1.54) is 11.1 Å². The molecular formula is C24H25IN3O+. The summed E-state index contributed by atoms with van der Waals surface area (Å²) in [6.45, 7) is 3.17. The minimum atomic E-state index is -0.0307. The average Bonchev–Trinajstić information content (AvgIpc) is 3.06. The number of imidazole rings is 1. The molecule has 3 aromatic carbocycles. The normalized spacial score (nSPS) is 10.5. The second kappa shape index (κ2) is 9.69. The van der Waals surface area contributed by atoms with E-state index in [9.17, 15) is 4.79 Å². The maximum absolute atomic E-state index is 12.6. The van der Waals surface area contributed by atoms with Crippen molar-refractivity contribution in [2.75, 3.05) is 5.32 Å². The van der Waals surface area contributed by atoms with E-state index in [4.69, 9.17) is 0 Å². The lowest BCUT2D eigenvalue weighted by molar-refractivity contribution is -0.663. The Morgan fingerprint density at radius 3 is 2.31 bits per heavy atom. The Labute approximate surface area is 188 Å². The number of aromatic nitrogens is 2. The van der Waals surface area contributed by atoms with Gasteiger partial charge >= 0.3 is 0 Å². The molecule has 1 N–H and O–H groups in total. The van der Waals surface area contributed by atoms with Crippen molar-refractivity contribution in [1.29, 1.82) is 0 Å². The first-order chi connectivity index (χ1) is 13.7. The molecule has 0 atom stereocenters. The van der Waals surface area contributed by atoms with Gasteiger partial charge in [-0.3, -0.25) is 4.79 Å². The van der Waals surface area contributed by atoms with Gasteiger partial charge in [-0.2, -0.15) is 0 Å². The lowest BCUT2D eigenvalue weighted by Crippen LogP contribution is -2.33. The predicted octanol–water partition coefficient (Wildman–Crippen LogP) is 4.80. The predicted molar refractivity (Wildman–Crippen MR) is 128 cm³/mol. The molecule has 148 valence electrons. The van der Waals surface area contributed by atoms with E-state index in [0.717, 1.165) is 29.7 Å². The molecule has 0 unspecified atom stereocenters. The van der Waals surface area contributed by atoms with Crippen LogP contribution in [-0.2, 0) is 24.3 Å². The van der Waals surface area contributed by atoms with Gasteiger partial charge in [0, 0.05) is 5.69 Å². The van der Waals surface area contributed by atoms with Gasteiger partial charge in [-0.15, -0.1) is 24.0 Å². The van der Waals surface area contributed by atoms with Crippen LogP contribution >= 0.6 is 24.0 Å². The first-order valence-electron chi connectivity index (χ1n) is 9.63. The van der Waals surface area contributed by atoms with E-state index in [2.05, 4.69) is 53.2 Å². The second-order valence-electron chi connectivity index (χ2n) is 6.94. The Balaban J connectivity index is 0.00000240. The number of para-hydroxylation sites is 2. The Morgan fingerprint density at radius 1 is 0.897 bits per heavy atom. The summed E-state index contributed by atoms with van der Waals surface area (Å²) in [4.78, 5) is 12.6. The van der Waals surface area contributed by atoms with Gasteiger partial charge in [0.25, 0.3) is 5.91 Å². The van der Waals surface area contributed by atoms with Crippen LogP contribution in [0.25, 0.3) is 11.0 Å². The molecule has 0 spiro atoms. The number of nitrogens with one attached hydrogen (secondary N) is 1. The van der Waals surface area contributed by atoms with Crippen molar-refractivity contribution in [2.24, 2.45) is 0 Å². The number of amides is 1. The lowest BCUT2D eigenvalue weighted by atomic mass is 10.1. The molecule has 0 radical (unpaired) electrons. The molecule has 0 fully saturated rings. The van der Waals surface area contributed by atoms with Crippen LogP contribution in [0.3, 0.4) is 0 Å². The molecule has 4 nitrogen and oxygen atoms in total. The fourth-order valence-corrected chi connectivity index (χ4v) is 3.45. The number of fused-ring (bicyclic) bond motifs is 1. The highest BCUT2D eigenvalue weighted by Gasteiger charge is 2.18. The van der Waals surface area contributed by atoms with Crippen LogP contribution in [0.2, 0.25) is 0 Å². The summed E-state index contributed by atoms with van der Waals surface area (Å²) in [5.41, 5.74) is 5.49. The van der Waals surface area contributed by atoms with Gasteiger partial charge in [0.05, 0.1) is 0 Å². The summed E-state index contributed by atoms with van der Waals surface area (Å²) >= 11 is 0. The summed E-state index contributed by atoms with van der Waals surface area (Å²) in [7, 11) is 0. The average molecular weight is 498 g/mol. The van der Waals surface area contributed by atoms with Gasteiger partial charge in [0.15, 0.2) is 17.6 Å². The molecule has 4 aromatic rings. The minimum absolute atomic E-state index is 0. The van der Waals surface area contributed by atoms with Crippen LogP contribution in [0, 0.1) is 0 Å². The van der Waals surface area contributed by atoms with Gasteiger partial charge in [0.2, 0.25) is 6.33 Å². The number of halogens is 1. The van der Waals surface area contributed by atoms with Crippen molar-refractivity contribution in [1.82, 2.24) is 4.57 Å². The molecule has 1 amide bonds. The number of hydrogen-bond acceptors (Lipinski definition) is 1. The molecule has 1 heterocycles. The summed E-state index contributed by atoms with van der Waals surface area (Å²) in [6.07, 6.45) is 3.02. The smallest absolute Gasteiger partial charge is 0.266 e. The van der Waals surface area contributed by atoms with E-state index in [1.807, 2.05) is 53.4 Å². The highest BCUT2D eigenvalue weighted by Crippen LogP contribution is 2.13. The van der Waals surface area contributed by atoms with Gasteiger partial charge in [-0.1, -0.05) is 61.5 Å². The van der Waals surface area contributed by atoms with Crippen molar-refractivity contribution in [2.45, 2.75) is 26.4 Å². The van der Waals surface area contributed by atoms with Crippen molar-refractivity contribution >= 4 is 46.6 Å². The maximum Gasteiger partial charge on any atom is 0.266 e. The fourth-order valence-electron chi connectivity index (χ4n) is 3.45. The number of aryl methyl sites for hydroxylation is 1. The molecule has 1 aromatic heterocycles. The van der Waals surface area contributed by atoms with Crippen LogP contribution in [0.1, 0.15) is 18.1 Å².